The highest BCUT2D eigenvalue weighted by molar-refractivity contribution is 5.98. The molecule has 1 saturated heterocycles. The average Bonchev–Trinajstić information content (AvgIpc) is 2.91. The smallest absolute Gasteiger partial charge is 0.387 e. The topological polar surface area (TPSA) is 50.4 Å². The van der Waals surface area contributed by atoms with Crippen LogP contribution in [0, 0.1) is 0 Å². The summed E-state index contributed by atoms with van der Waals surface area (Å²) in [5.74, 6) is 0.00893. The second kappa shape index (κ2) is 6.85. The lowest BCUT2D eigenvalue weighted by Crippen LogP contribution is -2.50. The van der Waals surface area contributed by atoms with Crippen molar-refractivity contribution in [1.29, 1.82) is 0 Å². The van der Waals surface area contributed by atoms with Crippen LogP contribution < -0.4 is 15.4 Å². The van der Waals surface area contributed by atoms with Crippen molar-refractivity contribution in [2.75, 3.05) is 11.9 Å². The SMILES string of the molecule is CCCC1(C(=O)Nc2ccc(OC(F)F)cc2)CCCN1. The van der Waals surface area contributed by atoms with Gasteiger partial charge in [-0.2, -0.15) is 8.78 Å². The molecule has 1 fully saturated rings. The number of hydrogen-bond acceptors (Lipinski definition) is 3. The van der Waals surface area contributed by atoms with E-state index in [-0.39, 0.29) is 11.7 Å². The maximum Gasteiger partial charge on any atom is 0.387 e. The first-order chi connectivity index (χ1) is 10.1. The molecule has 1 atom stereocenters. The van der Waals surface area contributed by atoms with Gasteiger partial charge in [-0.3, -0.25) is 4.79 Å². The van der Waals surface area contributed by atoms with Crippen LogP contribution in [0.2, 0.25) is 0 Å². The van der Waals surface area contributed by atoms with Gasteiger partial charge in [-0.15, -0.1) is 0 Å². The molecular weight excluding hydrogens is 278 g/mol. The third-order valence-electron chi connectivity index (χ3n) is 3.69. The molecule has 1 aromatic rings. The molecule has 6 heteroatoms. The maximum absolute atomic E-state index is 12.5. The van der Waals surface area contributed by atoms with Gasteiger partial charge in [0, 0.05) is 5.69 Å². The van der Waals surface area contributed by atoms with Crippen LogP contribution in [0.25, 0.3) is 0 Å². The molecule has 0 saturated carbocycles. The Hall–Kier alpha value is -1.69. The molecule has 21 heavy (non-hydrogen) atoms. The van der Waals surface area contributed by atoms with Crippen LogP contribution in [0.5, 0.6) is 5.75 Å². The summed E-state index contributed by atoms with van der Waals surface area (Å²) in [6.07, 6.45) is 3.50. The minimum Gasteiger partial charge on any atom is -0.435 e. The Kier molecular flexibility index (Phi) is 5.12. The van der Waals surface area contributed by atoms with Crippen molar-refractivity contribution < 1.29 is 18.3 Å². The standard InChI is InChI=1S/C15H20F2N2O2/c1-2-8-15(9-3-10-18-15)13(20)19-11-4-6-12(7-5-11)21-14(16)17/h4-7,14,18H,2-3,8-10H2,1H3,(H,19,20). The number of rotatable bonds is 6. The summed E-state index contributed by atoms with van der Waals surface area (Å²) >= 11 is 0. The lowest BCUT2D eigenvalue weighted by molar-refractivity contribution is -0.122. The fraction of sp³-hybridized carbons (Fsp3) is 0.533. The molecule has 0 aliphatic carbocycles. The molecule has 1 aliphatic heterocycles. The lowest BCUT2D eigenvalue weighted by atomic mass is 9.91. The van der Waals surface area contributed by atoms with Crippen LogP contribution in [-0.2, 0) is 4.79 Å². The third kappa shape index (κ3) is 3.91. The zero-order valence-corrected chi connectivity index (χ0v) is 12.0. The van der Waals surface area contributed by atoms with Gasteiger partial charge in [0.2, 0.25) is 5.91 Å². The Balaban J connectivity index is 2.01. The lowest BCUT2D eigenvalue weighted by Gasteiger charge is -2.27. The zero-order valence-electron chi connectivity index (χ0n) is 12.0. The fourth-order valence-corrected chi connectivity index (χ4v) is 2.72. The van der Waals surface area contributed by atoms with Crippen molar-refractivity contribution in [3.05, 3.63) is 24.3 Å². The van der Waals surface area contributed by atoms with Gasteiger partial charge in [0.05, 0.1) is 5.54 Å². The first-order valence-corrected chi connectivity index (χ1v) is 7.17. The van der Waals surface area contributed by atoms with Gasteiger partial charge in [0.1, 0.15) is 5.75 Å². The molecule has 0 spiro atoms. The van der Waals surface area contributed by atoms with E-state index in [2.05, 4.69) is 15.4 Å². The number of alkyl halides is 2. The van der Waals surface area contributed by atoms with Crippen LogP contribution in [0.1, 0.15) is 32.6 Å². The Labute approximate surface area is 122 Å². The molecule has 1 unspecified atom stereocenters. The number of benzene rings is 1. The van der Waals surface area contributed by atoms with Crippen LogP contribution in [-0.4, -0.2) is 24.6 Å². The van der Waals surface area contributed by atoms with Crippen LogP contribution in [0.3, 0.4) is 0 Å². The molecule has 0 aromatic heterocycles. The third-order valence-corrected chi connectivity index (χ3v) is 3.69. The quantitative estimate of drug-likeness (QED) is 0.848. The molecule has 1 aliphatic rings. The van der Waals surface area contributed by atoms with Gasteiger partial charge in [0.25, 0.3) is 0 Å². The minimum absolute atomic E-state index is 0.0654. The monoisotopic (exact) mass is 298 g/mol. The van der Waals surface area contributed by atoms with Crippen molar-refractivity contribution in [1.82, 2.24) is 5.32 Å². The highest BCUT2D eigenvalue weighted by Gasteiger charge is 2.39. The van der Waals surface area contributed by atoms with Crippen molar-refractivity contribution in [2.24, 2.45) is 0 Å². The maximum atomic E-state index is 12.5. The largest absolute Gasteiger partial charge is 0.435 e. The molecule has 1 aromatic carbocycles. The van der Waals surface area contributed by atoms with Crippen LogP contribution >= 0.6 is 0 Å². The van der Waals surface area contributed by atoms with E-state index in [9.17, 15) is 13.6 Å². The first kappa shape index (κ1) is 15.7. The molecular formula is C15H20F2N2O2. The molecule has 1 amide bonds. The van der Waals surface area contributed by atoms with Crippen molar-refractivity contribution in [3.8, 4) is 5.75 Å². The average molecular weight is 298 g/mol. The van der Waals surface area contributed by atoms with Gasteiger partial charge < -0.3 is 15.4 Å². The molecule has 0 bridgehead atoms. The van der Waals surface area contributed by atoms with E-state index in [4.69, 9.17) is 0 Å². The summed E-state index contributed by atoms with van der Waals surface area (Å²) < 4.78 is 28.4. The zero-order chi connectivity index (χ0) is 15.3. The number of anilines is 1. The number of carbonyl (C=O) groups excluding carboxylic acids is 1. The second-order valence-electron chi connectivity index (χ2n) is 5.22. The Morgan fingerprint density at radius 1 is 1.43 bits per heavy atom. The molecule has 116 valence electrons. The number of halogens is 2. The molecule has 2 rings (SSSR count). The van der Waals surface area contributed by atoms with Gasteiger partial charge >= 0.3 is 6.61 Å². The van der Waals surface area contributed by atoms with Crippen LogP contribution in [0.15, 0.2) is 24.3 Å². The van der Waals surface area contributed by atoms with Gasteiger partial charge in [-0.05, 0) is 50.1 Å². The van der Waals surface area contributed by atoms with E-state index < -0.39 is 12.2 Å². The normalized spacial score (nSPS) is 21.5. The predicted octanol–water partition coefficient (Wildman–Crippen LogP) is 3.15. The van der Waals surface area contributed by atoms with Crippen molar-refractivity contribution in [2.45, 2.75) is 44.8 Å². The van der Waals surface area contributed by atoms with Gasteiger partial charge in [-0.1, -0.05) is 13.3 Å². The molecule has 1 heterocycles. The number of nitrogens with one attached hydrogen (secondary N) is 2. The highest BCUT2D eigenvalue weighted by Crippen LogP contribution is 2.27. The fourth-order valence-electron chi connectivity index (χ4n) is 2.72. The Morgan fingerprint density at radius 2 is 2.14 bits per heavy atom. The summed E-state index contributed by atoms with van der Waals surface area (Å²) in [7, 11) is 0. The van der Waals surface area contributed by atoms with E-state index in [1.807, 2.05) is 6.92 Å². The molecule has 0 radical (unpaired) electrons. The Bertz CT molecular complexity index is 471. The number of hydrogen-bond donors (Lipinski definition) is 2. The van der Waals surface area contributed by atoms with E-state index in [0.29, 0.717) is 5.69 Å². The van der Waals surface area contributed by atoms with Crippen molar-refractivity contribution in [3.63, 3.8) is 0 Å². The predicted molar refractivity (Wildman–Crippen MR) is 76.6 cm³/mol. The van der Waals surface area contributed by atoms with Crippen LogP contribution in [0.4, 0.5) is 14.5 Å². The van der Waals surface area contributed by atoms with E-state index in [1.54, 1.807) is 12.1 Å². The van der Waals surface area contributed by atoms with Gasteiger partial charge in [0.15, 0.2) is 0 Å². The second-order valence-corrected chi connectivity index (χ2v) is 5.22. The van der Waals surface area contributed by atoms with E-state index in [1.165, 1.54) is 12.1 Å². The van der Waals surface area contributed by atoms with Gasteiger partial charge in [-0.25, -0.2) is 0 Å². The number of ether oxygens (including phenoxy) is 1. The van der Waals surface area contributed by atoms with E-state index >= 15 is 0 Å². The summed E-state index contributed by atoms with van der Waals surface area (Å²) in [6, 6.07) is 5.95. The molecule has 2 N–H and O–H groups in total. The summed E-state index contributed by atoms with van der Waals surface area (Å²) in [5, 5.41) is 6.14. The summed E-state index contributed by atoms with van der Waals surface area (Å²) in [5.41, 5.74) is 0.0678. The summed E-state index contributed by atoms with van der Waals surface area (Å²) in [4.78, 5) is 12.5. The van der Waals surface area contributed by atoms with Crippen molar-refractivity contribution >= 4 is 11.6 Å². The minimum atomic E-state index is -2.85. The van der Waals surface area contributed by atoms with E-state index in [0.717, 1.165) is 32.2 Å². The highest BCUT2D eigenvalue weighted by atomic mass is 19.3. The number of carbonyl (C=O) groups is 1. The number of amides is 1. The first-order valence-electron chi connectivity index (χ1n) is 7.17. The Morgan fingerprint density at radius 3 is 2.67 bits per heavy atom. The summed E-state index contributed by atoms with van der Waals surface area (Å²) in [6.45, 7) is 0.0426. The molecule has 4 nitrogen and oxygen atoms in total.